The van der Waals surface area contributed by atoms with Gasteiger partial charge in [-0.3, -0.25) is 25.0 Å². The van der Waals surface area contributed by atoms with E-state index in [9.17, 15) is 24.3 Å². The van der Waals surface area contributed by atoms with E-state index in [1.807, 2.05) is 0 Å². The van der Waals surface area contributed by atoms with Crippen molar-refractivity contribution in [3.63, 3.8) is 0 Å². The number of fused-ring (bicyclic) bond motifs is 4. The molecule has 0 aromatic heterocycles. The summed E-state index contributed by atoms with van der Waals surface area (Å²) < 4.78 is 21.5. The van der Waals surface area contributed by atoms with Crippen LogP contribution in [0.1, 0.15) is 38.3 Å². The molecule has 2 saturated heterocycles. The van der Waals surface area contributed by atoms with E-state index in [1.54, 1.807) is 18.7 Å². The Bertz CT molecular complexity index is 1120. The number of carbonyl (C=O) groups excluding carboxylic acids is 4. The number of nitrogens with two attached hydrogens (primary N) is 1. The largest absolute Gasteiger partial charge is 0.504 e. The first-order chi connectivity index (χ1) is 15.4. The fourth-order valence-electron chi connectivity index (χ4n) is 5.28. The number of anilines is 1. The Kier molecular flexibility index (Phi) is 5.35. The third-order valence-corrected chi connectivity index (χ3v) is 6.30. The standard InChI is InChI=1S/C21H24FN5O6/c1-8-7-27-15-11(4-12(16(30)14(15)22)18(23)24-10(3)28)5-21(17(27)9(2)33-8)6-13(29)25-20(32)26-19(21)31/h4,8-9,17,30H,5-7H2,1-3H3,(H2,23,24,28)(H2,25,26,29,31,32). The van der Waals surface area contributed by atoms with Crippen molar-refractivity contribution in [3.05, 3.63) is 23.0 Å². The van der Waals surface area contributed by atoms with Gasteiger partial charge >= 0.3 is 6.03 Å². The number of morpholine rings is 1. The topological polar surface area (TPSA) is 163 Å². The molecule has 4 rings (SSSR count). The number of aromatic hydroxyl groups is 1. The number of nitrogens with one attached hydrogen (secondary N) is 2. The van der Waals surface area contributed by atoms with E-state index >= 15 is 4.39 Å². The van der Waals surface area contributed by atoms with E-state index in [2.05, 4.69) is 15.6 Å². The molecule has 2 fully saturated rings. The molecule has 3 aliphatic heterocycles. The number of carbonyl (C=O) groups is 4. The molecule has 4 atom stereocenters. The third kappa shape index (κ3) is 3.59. The third-order valence-electron chi connectivity index (χ3n) is 6.30. The van der Waals surface area contributed by atoms with Gasteiger partial charge in [0.05, 0.1) is 34.9 Å². The van der Waals surface area contributed by atoms with Crippen LogP contribution in [0.15, 0.2) is 11.1 Å². The highest BCUT2D eigenvalue weighted by molar-refractivity contribution is 6.09. The van der Waals surface area contributed by atoms with Crippen molar-refractivity contribution < 1.29 is 33.4 Å². The van der Waals surface area contributed by atoms with E-state index in [4.69, 9.17) is 10.5 Å². The number of rotatable bonds is 1. The molecule has 1 aromatic rings. The number of imide groups is 2. The molecule has 0 radical (unpaired) electrons. The Morgan fingerprint density at radius 2 is 2.00 bits per heavy atom. The van der Waals surface area contributed by atoms with Gasteiger partial charge in [0.25, 0.3) is 0 Å². The molecule has 176 valence electrons. The molecular formula is C21H24FN5O6. The quantitative estimate of drug-likeness (QED) is 0.337. The summed E-state index contributed by atoms with van der Waals surface area (Å²) in [5.41, 5.74) is 4.46. The number of nitrogens with zero attached hydrogens (tertiary/aromatic N) is 2. The van der Waals surface area contributed by atoms with Crippen LogP contribution in [-0.2, 0) is 25.5 Å². The van der Waals surface area contributed by atoms with Crippen molar-refractivity contribution in [2.24, 2.45) is 16.1 Å². The van der Waals surface area contributed by atoms with Crippen molar-refractivity contribution in [3.8, 4) is 5.75 Å². The molecule has 5 amide bonds. The molecule has 0 saturated carbocycles. The zero-order valence-corrected chi connectivity index (χ0v) is 18.3. The summed E-state index contributed by atoms with van der Waals surface area (Å²) in [7, 11) is 0. The number of amidine groups is 1. The molecule has 12 heteroatoms. The zero-order valence-electron chi connectivity index (χ0n) is 18.3. The number of hydrogen-bond donors (Lipinski definition) is 4. The highest BCUT2D eigenvalue weighted by Crippen LogP contribution is 2.50. The normalized spacial score (nSPS) is 29.7. The van der Waals surface area contributed by atoms with Crippen LogP contribution in [0.4, 0.5) is 14.9 Å². The lowest BCUT2D eigenvalue weighted by molar-refractivity contribution is -0.142. The van der Waals surface area contributed by atoms with Crippen LogP contribution in [0.25, 0.3) is 0 Å². The average Bonchev–Trinajstić information content (AvgIpc) is 2.78. The predicted molar refractivity (Wildman–Crippen MR) is 113 cm³/mol. The number of halogens is 1. The van der Waals surface area contributed by atoms with Crippen molar-refractivity contribution in [1.29, 1.82) is 0 Å². The van der Waals surface area contributed by atoms with Crippen molar-refractivity contribution in [2.75, 3.05) is 11.4 Å². The minimum Gasteiger partial charge on any atom is -0.504 e. The smallest absolute Gasteiger partial charge is 0.328 e. The van der Waals surface area contributed by atoms with Gasteiger partial charge in [0, 0.05) is 19.9 Å². The van der Waals surface area contributed by atoms with Crippen LogP contribution in [0, 0.1) is 11.2 Å². The number of amides is 5. The number of aliphatic imine (C=N–C) groups is 1. The van der Waals surface area contributed by atoms with Gasteiger partial charge in [-0.15, -0.1) is 0 Å². The lowest BCUT2D eigenvalue weighted by Gasteiger charge is -2.55. The van der Waals surface area contributed by atoms with Gasteiger partial charge in [0.1, 0.15) is 5.84 Å². The summed E-state index contributed by atoms with van der Waals surface area (Å²) >= 11 is 0. The number of hydrogen-bond acceptors (Lipinski definition) is 7. The maximum Gasteiger partial charge on any atom is 0.328 e. The van der Waals surface area contributed by atoms with Gasteiger partial charge in [0.2, 0.25) is 17.7 Å². The van der Waals surface area contributed by atoms with Crippen LogP contribution < -0.4 is 21.3 Å². The Morgan fingerprint density at radius 3 is 2.67 bits per heavy atom. The summed E-state index contributed by atoms with van der Waals surface area (Å²) in [6.45, 7) is 4.81. The van der Waals surface area contributed by atoms with Crippen molar-refractivity contribution in [1.82, 2.24) is 10.6 Å². The number of phenols is 1. The second kappa shape index (κ2) is 7.80. The lowest BCUT2D eigenvalue weighted by atomic mass is 9.66. The molecular weight excluding hydrogens is 437 g/mol. The molecule has 11 nitrogen and oxygen atoms in total. The van der Waals surface area contributed by atoms with Crippen LogP contribution in [-0.4, -0.2) is 59.5 Å². The number of urea groups is 1. The van der Waals surface area contributed by atoms with Crippen LogP contribution in [0.2, 0.25) is 0 Å². The van der Waals surface area contributed by atoms with Gasteiger partial charge < -0.3 is 20.5 Å². The molecule has 3 heterocycles. The first kappa shape index (κ1) is 22.6. The highest BCUT2D eigenvalue weighted by atomic mass is 19.1. The Balaban J connectivity index is 1.97. The summed E-state index contributed by atoms with van der Waals surface area (Å²) in [4.78, 5) is 54.3. The number of benzene rings is 1. The highest BCUT2D eigenvalue weighted by Gasteiger charge is 2.59. The molecule has 33 heavy (non-hydrogen) atoms. The van der Waals surface area contributed by atoms with E-state index < -0.39 is 52.9 Å². The minimum absolute atomic E-state index is 0.0493. The van der Waals surface area contributed by atoms with E-state index in [0.717, 1.165) is 6.92 Å². The Labute approximate surface area is 188 Å². The fourth-order valence-corrected chi connectivity index (χ4v) is 5.28. The second-order valence-corrected chi connectivity index (χ2v) is 8.70. The maximum atomic E-state index is 15.6. The molecule has 4 unspecified atom stereocenters. The summed E-state index contributed by atoms with van der Waals surface area (Å²) in [6, 6.07) is -0.385. The molecule has 3 aliphatic rings. The molecule has 1 spiro atoms. The van der Waals surface area contributed by atoms with Crippen LogP contribution in [0.3, 0.4) is 0 Å². The summed E-state index contributed by atoms with van der Waals surface area (Å²) in [5.74, 6) is -4.16. The van der Waals surface area contributed by atoms with E-state index in [0.29, 0.717) is 0 Å². The monoisotopic (exact) mass is 461 g/mol. The van der Waals surface area contributed by atoms with Gasteiger partial charge in [-0.05, 0) is 31.9 Å². The second-order valence-electron chi connectivity index (χ2n) is 8.70. The van der Waals surface area contributed by atoms with Gasteiger partial charge in [-0.2, -0.15) is 4.99 Å². The van der Waals surface area contributed by atoms with Crippen molar-refractivity contribution in [2.45, 2.75) is 51.9 Å². The average molecular weight is 461 g/mol. The molecule has 1 aromatic carbocycles. The fraction of sp³-hybridized carbons (Fsp3) is 0.476. The number of phenolic OH excluding ortho intramolecular Hbond substituents is 1. The molecule has 0 aliphatic carbocycles. The van der Waals surface area contributed by atoms with Gasteiger partial charge in [0.15, 0.2) is 11.6 Å². The summed E-state index contributed by atoms with van der Waals surface area (Å²) in [6.07, 6.45) is -1.45. The molecule has 5 N–H and O–H groups in total. The summed E-state index contributed by atoms with van der Waals surface area (Å²) in [5, 5.41) is 14.8. The first-order valence-corrected chi connectivity index (χ1v) is 10.4. The first-order valence-electron chi connectivity index (χ1n) is 10.4. The lowest BCUT2D eigenvalue weighted by Crippen LogP contribution is -2.67. The minimum atomic E-state index is -1.48. The van der Waals surface area contributed by atoms with E-state index in [-0.39, 0.29) is 48.1 Å². The molecule has 0 bridgehead atoms. The zero-order chi connectivity index (χ0) is 24.2. The SMILES string of the molecule is CC(=O)N=C(N)c1cc2c(c(F)c1O)N1CC(C)OC(C)C1C1(CC(=O)NC(=O)NC1=O)C2. The predicted octanol–water partition coefficient (Wildman–Crippen LogP) is 0.0639. The van der Waals surface area contributed by atoms with Crippen LogP contribution >= 0.6 is 0 Å². The Hall–Kier alpha value is -3.54. The van der Waals surface area contributed by atoms with E-state index in [1.165, 1.54) is 6.07 Å². The Morgan fingerprint density at radius 1 is 1.30 bits per heavy atom. The number of ether oxygens (including phenoxy) is 1. The maximum absolute atomic E-state index is 15.6. The van der Waals surface area contributed by atoms with Crippen LogP contribution in [0.5, 0.6) is 5.75 Å². The van der Waals surface area contributed by atoms with Crippen molar-refractivity contribution >= 4 is 35.3 Å². The van der Waals surface area contributed by atoms with Gasteiger partial charge in [-0.25, -0.2) is 9.18 Å². The van der Waals surface area contributed by atoms with Gasteiger partial charge in [-0.1, -0.05) is 0 Å².